The minimum absolute atomic E-state index is 0.0217. The first-order valence-corrected chi connectivity index (χ1v) is 11.1. The number of rotatable bonds is 5. The second-order valence-electron chi connectivity index (χ2n) is 8.37. The number of benzene rings is 2. The number of carbonyl (C=O) groups is 3. The zero-order valence-electron chi connectivity index (χ0n) is 20.3. The van der Waals surface area contributed by atoms with Crippen molar-refractivity contribution in [2.45, 2.75) is 38.8 Å². The number of esters is 1. The van der Waals surface area contributed by atoms with E-state index in [9.17, 15) is 31.9 Å². The van der Waals surface area contributed by atoms with Crippen LogP contribution in [-0.4, -0.2) is 42.1 Å². The molecule has 1 atom stereocenters. The molecule has 0 saturated carbocycles. The van der Waals surface area contributed by atoms with E-state index in [1.807, 2.05) is 0 Å². The van der Waals surface area contributed by atoms with Crippen molar-refractivity contribution in [1.29, 1.82) is 5.26 Å². The molecule has 9 nitrogen and oxygen atoms in total. The van der Waals surface area contributed by atoms with Crippen molar-refractivity contribution in [1.82, 2.24) is 0 Å². The average molecular weight is 553 g/mol. The Morgan fingerprint density at radius 1 is 1.11 bits per heavy atom. The van der Waals surface area contributed by atoms with Crippen molar-refractivity contribution in [3.05, 3.63) is 58.9 Å². The first kappa shape index (κ1) is 28.3. The number of ether oxygens (including phenoxy) is 3. The van der Waals surface area contributed by atoms with Crippen LogP contribution in [0.5, 0.6) is 0 Å². The molecule has 0 aliphatic carbocycles. The fourth-order valence-electron chi connectivity index (χ4n) is 3.69. The fraction of sp³-hybridized carbons (Fsp3) is 0.292. The van der Waals surface area contributed by atoms with Crippen LogP contribution in [0.3, 0.4) is 0 Å². The van der Waals surface area contributed by atoms with Gasteiger partial charge in [0.05, 0.1) is 35.6 Å². The third kappa shape index (κ3) is 5.23. The fourth-order valence-corrected chi connectivity index (χ4v) is 4.21. The van der Waals surface area contributed by atoms with Gasteiger partial charge in [-0.05, 0) is 62.5 Å². The Hall–Kier alpha value is -4.25. The lowest BCUT2D eigenvalue weighted by Gasteiger charge is -2.29. The highest BCUT2D eigenvalue weighted by Gasteiger charge is 2.51. The zero-order chi connectivity index (χ0) is 28.6. The molecule has 1 unspecified atom stereocenters. The number of nitrogens with zero attached hydrogens (tertiary/aromatic N) is 3. The number of methoxy groups -OCH3 is 1. The Bertz CT molecular complexity index is 1370. The molecule has 3 rings (SSSR count). The first-order valence-electron chi connectivity index (χ1n) is 10.7. The monoisotopic (exact) mass is 553 g/mol. The molecule has 0 bridgehead atoms. The topological polar surface area (TPSA) is 109 Å². The molecule has 0 spiro atoms. The summed E-state index contributed by atoms with van der Waals surface area (Å²) in [5, 5.41) is 8.78. The molecular weight excluding hydrogens is 534 g/mol. The maximum Gasteiger partial charge on any atom is 0.511 e. The number of anilines is 2. The van der Waals surface area contributed by atoms with Gasteiger partial charge in [0.2, 0.25) is 6.29 Å². The Labute approximate surface area is 219 Å². The number of hydrogen-bond donors (Lipinski definition) is 0. The van der Waals surface area contributed by atoms with Crippen LogP contribution < -0.4 is 9.80 Å². The summed E-state index contributed by atoms with van der Waals surface area (Å²) in [6.45, 7) is 4.07. The van der Waals surface area contributed by atoms with Crippen LogP contribution in [0, 0.1) is 17.1 Å². The number of hydrogen-bond acceptors (Lipinski definition) is 8. The minimum Gasteiger partial charge on any atom is -0.438 e. The first-order chi connectivity index (χ1) is 17.6. The predicted octanol–water partition coefficient (Wildman–Crippen LogP) is 4.92. The molecule has 14 heteroatoms. The van der Waals surface area contributed by atoms with E-state index in [-0.39, 0.29) is 16.5 Å². The van der Waals surface area contributed by atoms with E-state index in [2.05, 4.69) is 9.47 Å². The maximum absolute atomic E-state index is 14.9. The van der Waals surface area contributed by atoms with Crippen LogP contribution in [0.4, 0.5) is 33.7 Å². The molecule has 0 N–H and O–H groups in total. The summed E-state index contributed by atoms with van der Waals surface area (Å²) in [5.74, 6) is -2.94. The maximum atomic E-state index is 14.9. The SMILES string of the molecule is COC(=O)OC(C)OC(=O)c1ccc(N2C(=S)N(c3ccc(C#N)c(C(F)(F)F)c3)C(=O)C2(C)C)cc1F. The predicted molar refractivity (Wildman–Crippen MR) is 128 cm³/mol. The van der Waals surface area contributed by atoms with Crippen molar-refractivity contribution in [2.75, 3.05) is 16.9 Å². The van der Waals surface area contributed by atoms with E-state index in [0.29, 0.717) is 6.07 Å². The lowest BCUT2D eigenvalue weighted by Crippen LogP contribution is -2.44. The van der Waals surface area contributed by atoms with Crippen LogP contribution in [0.25, 0.3) is 0 Å². The number of alkyl halides is 3. The summed E-state index contributed by atoms with van der Waals surface area (Å²) >= 11 is 5.40. The number of halogens is 4. The number of amides is 1. The third-order valence-electron chi connectivity index (χ3n) is 5.49. The van der Waals surface area contributed by atoms with Gasteiger partial charge in [-0.1, -0.05) is 0 Å². The lowest BCUT2D eigenvalue weighted by atomic mass is 10.0. The van der Waals surface area contributed by atoms with Gasteiger partial charge < -0.3 is 19.1 Å². The molecule has 0 radical (unpaired) electrons. The van der Waals surface area contributed by atoms with Gasteiger partial charge in [0.15, 0.2) is 5.11 Å². The van der Waals surface area contributed by atoms with E-state index in [1.165, 1.54) is 37.8 Å². The second-order valence-corrected chi connectivity index (χ2v) is 8.73. The van der Waals surface area contributed by atoms with E-state index in [0.717, 1.165) is 36.3 Å². The normalized spacial score (nSPS) is 15.7. The van der Waals surface area contributed by atoms with E-state index in [1.54, 1.807) is 0 Å². The van der Waals surface area contributed by atoms with Crippen LogP contribution >= 0.6 is 12.2 Å². The van der Waals surface area contributed by atoms with Gasteiger partial charge in [0, 0.05) is 12.6 Å². The van der Waals surface area contributed by atoms with Crippen molar-refractivity contribution < 1.29 is 46.2 Å². The summed E-state index contributed by atoms with van der Waals surface area (Å²) in [5.41, 5.74) is -4.09. The molecule has 1 heterocycles. The summed E-state index contributed by atoms with van der Waals surface area (Å²) in [6, 6.07) is 7.38. The van der Waals surface area contributed by atoms with Gasteiger partial charge >= 0.3 is 18.3 Å². The van der Waals surface area contributed by atoms with Gasteiger partial charge in [-0.2, -0.15) is 18.4 Å². The summed E-state index contributed by atoms with van der Waals surface area (Å²) < 4.78 is 69.1. The Balaban J connectivity index is 1.95. The molecule has 38 heavy (non-hydrogen) atoms. The molecule has 1 saturated heterocycles. The highest BCUT2D eigenvalue weighted by molar-refractivity contribution is 7.81. The van der Waals surface area contributed by atoms with Crippen LogP contribution in [0.1, 0.15) is 42.3 Å². The molecule has 1 aliphatic heterocycles. The van der Waals surface area contributed by atoms with Crippen LogP contribution in [0.15, 0.2) is 36.4 Å². The molecule has 1 fully saturated rings. The lowest BCUT2D eigenvalue weighted by molar-refractivity contribution is -0.137. The molecule has 2 aromatic carbocycles. The number of thiocarbonyl (C=S) groups is 1. The quantitative estimate of drug-likeness (QED) is 0.221. The zero-order valence-corrected chi connectivity index (χ0v) is 21.1. The third-order valence-corrected chi connectivity index (χ3v) is 5.85. The number of carbonyl (C=O) groups excluding carboxylic acids is 3. The van der Waals surface area contributed by atoms with Crippen molar-refractivity contribution >= 4 is 46.7 Å². The molecule has 1 aliphatic rings. The van der Waals surface area contributed by atoms with E-state index < -0.39 is 58.5 Å². The molecule has 1 amide bonds. The van der Waals surface area contributed by atoms with Crippen LogP contribution in [0.2, 0.25) is 0 Å². The van der Waals surface area contributed by atoms with Crippen molar-refractivity contribution in [2.24, 2.45) is 0 Å². The molecule has 2 aromatic rings. The van der Waals surface area contributed by atoms with Gasteiger partial charge in [-0.3, -0.25) is 9.69 Å². The van der Waals surface area contributed by atoms with Gasteiger partial charge in [0.25, 0.3) is 5.91 Å². The Kier molecular flexibility index (Phi) is 7.64. The molecular formula is C24H19F4N3O6S. The average Bonchev–Trinajstić information content (AvgIpc) is 3.00. The number of nitriles is 1. The second kappa shape index (κ2) is 10.3. The van der Waals surface area contributed by atoms with Gasteiger partial charge in [-0.25, -0.2) is 14.0 Å². The van der Waals surface area contributed by atoms with Crippen LogP contribution in [-0.2, 0) is 25.2 Å². The highest BCUT2D eigenvalue weighted by Crippen LogP contribution is 2.40. The molecule has 200 valence electrons. The minimum atomic E-state index is -4.87. The van der Waals surface area contributed by atoms with Crippen molar-refractivity contribution in [3.8, 4) is 6.07 Å². The van der Waals surface area contributed by atoms with Gasteiger partial charge in [-0.15, -0.1) is 0 Å². The van der Waals surface area contributed by atoms with Gasteiger partial charge in [0.1, 0.15) is 11.4 Å². The van der Waals surface area contributed by atoms with E-state index >= 15 is 0 Å². The molecule has 0 aromatic heterocycles. The highest BCUT2D eigenvalue weighted by atomic mass is 32.1. The van der Waals surface area contributed by atoms with E-state index in [4.69, 9.17) is 22.2 Å². The summed E-state index contributed by atoms with van der Waals surface area (Å²) in [7, 11) is 1.04. The summed E-state index contributed by atoms with van der Waals surface area (Å²) in [6.07, 6.45) is -7.38. The Morgan fingerprint density at radius 2 is 1.74 bits per heavy atom. The summed E-state index contributed by atoms with van der Waals surface area (Å²) in [4.78, 5) is 38.8. The van der Waals surface area contributed by atoms with Crippen molar-refractivity contribution in [3.63, 3.8) is 0 Å². The smallest absolute Gasteiger partial charge is 0.438 e. The standard InChI is InChI=1S/C24H19F4N3O6S/c1-12(37-22(34)35-4)36-19(32)16-8-7-15(10-18(16)25)31-21(38)30(20(33)23(31,2)3)14-6-5-13(11-29)17(9-14)24(26,27)28/h5-10,12H,1-4H3. The largest absolute Gasteiger partial charge is 0.511 e. The Morgan fingerprint density at radius 3 is 2.29 bits per heavy atom.